The maximum Gasteiger partial charge on any atom is 0.238 e. The summed E-state index contributed by atoms with van der Waals surface area (Å²) >= 11 is 1.32. The molecule has 0 aliphatic heterocycles. The molecule has 0 aliphatic rings. The monoisotopic (exact) mass is 387 g/mol. The first-order chi connectivity index (χ1) is 13.7. The number of benzene rings is 2. The predicted molar refractivity (Wildman–Crippen MR) is 110 cm³/mol. The molecule has 2 aromatic heterocycles. The number of anilines is 1. The lowest BCUT2D eigenvalue weighted by Crippen LogP contribution is -2.32. The van der Waals surface area contributed by atoms with Crippen LogP contribution in [0.15, 0.2) is 65.8 Å². The number of thioether (sulfide) groups is 1. The van der Waals surface area contributed by atoms with E-state index in [9.17, 15) is 4.79 Å². The van der Waals surface area contributed by atoms with E-state index in [0.717, 1.165) is 22.1 Å². The van der Waals surface area contributed by atoms with Gasteiger partial charge in [0.2, 0.25) is 5.91 Å². The van der Waals surface area contributed by atoms with Crippen molar-refractivity contribution in [2.45, 2.75) is 12.1 Å². The molecule has 0 spiro atoms. The number of fused-ring (bicyclic) bond motifs is 3. The summed E-state index contributed by atoms with van der Waals surface area (Å²) < 4.78 is 1.97. The Kier molecular flexibility index (Phi) is 4.96. The topological polar surface area (TPSA) is 74.3 Å². The van der Waals surface area contributed by atoms with Gasteiger partial charge in [-0.2, -0.15) is 5.26 Å². The van der Waals surface area contributed by atoms with Crippen LogP contribution in [0.1, 0.15) is 5.56 Å². The molecule has 0 N–H and O–H groups in total. The number of pyridine rings is 1. The van der Waals surface area contributed by atoms with E-state index < -0.39 is 0 Å². The Morgan fingerprint density at radius 2 is 1.89 bits per heavy atom. The minimum atomic E-state index is -0.147. The summed E-state index contributed by atoms with van der Waals surface area (Å²) in [4.78, 5) is 14.3. The molecule has 0 atom stereocenters. The van der Waals surface area contributed by atoms with Gasteiger partial charge in [0.1, 0.15) is 6.54 Å². The zero-order valence-electron chi connectivity index (χ0n) is 15.2. The number of rotatable bonds is 5. The van der Waals surface area contributed by atoms with E-state index >= 15 is 0 Å². The number of para-hydroxylation sites is 2. The van der Waals surface area contributed by atoms with Crippen LogP contribution >= 0.6 is 11.8 Å². The molecule has 0 saturated carbocycles. The highest BCUT2D eigenvalue weighted by molar-refractivity contribution is 7.99. The summed E-state index contributed by atoms with van der Waals surface area (Å²) in [5, 5.41) is 19.4. The molecule has 0 fully saturated rings. The van der Waals surface area contributed by atoms with Crippen LogP contribution in [0.5, 0.6) is 0 Å². The first-order valence-corrected chi connectivity index (χ1v) is 9.76. The van der Waals surface area contributed by atoms with E-state index in [1.54, 1.807) is 0 Å². The maximum absolute atomic E-state index is 12.8. The van der Waals surface area contributed by atoms with Gasteiger partial charge < -0.3 is 0 Å². The maximum atomic E-state index is 12.8. The van der Waals surface area contributed by atoms with Gasteiger partial charge in [-0.3, -0.25) is 14.1 Å². The second-order valence-electron chi connectivity index (χ2n) is 6.28. The average Bonchev–Trinajstić information content (AvgIpc) is 3.14. The van der Waals surface area contributed by atoms with Crippen LogP contribution in [-0.4, -0.2) is 32.8 Å². The highest BCUT2D eigenvalue weighted by atomic mass is 32.2. The summed E-state index contributed by atoms with van der Waals surface area (Å²) in [6.45, 7) is 2.05. The molecule has 0 aliphatic carbocycles. The zero-order chi connectivity index (χ0) is 19.5. The van der Waals surface area contributed by atoms with Crippen LogP contribution in [0.2, 0.25) is 0 Å². The number of carbonyl (C=O) groups excluding carboxylic acids is 1. The second-order valence-corrected chi connectivity index (χ2v) is 7.23. The van der Waals surface area contributed by atoms with Crippen LogP contribution in [0.4, 0.5) is 5.69 Å². The van der Waals surface area contributed by atoms with Crippen LogP contribution in [-0.2, 0) is 4.79 Å². The smallest absolute Gasteiger partial charge is 0.238 e. The number of hydrogen-bond donors (Lipinski definition) is 0. The third kappa shape index (κ3) is 3.30. The quantitative estimate of drug-likeness (QED) is 0.384. The number of amides is 1. The summed E-state index contributed by atoms with van der Waals surface area (Å²) in [7, 11) is 0. The van der Waals surface area contributed by atoms with Crippen LogP contribution in [0.25, 0.3) is 16.6 Å². The first-order valence-electron chi connectivity index (χ1n) is 8.77. The van der Waals surface area contributed by atoms with Gasteiger partial charge in [-0.15, -0.1) is 10.2 Å². The minimum absolute atomic E-state index is 0.00606. The van der Waals surface area contributed by atoms with Gasteiger partial charge in [-0.25, -0.2) is 0 Å². The molecular formula is C21H17N5OS. The fourth-order valence-corrected chi connectivity index (χ4v) is 4.00. The largest absolute Gasteiger partial charge is 0.298 e. The van der Waals surface area contributed by atoms with Crippen LogP contribution in [0, 0.1) is 18.3 Å². The van der Waals surface area contributed by atoms with Gasteiger partial charge in [0, 0.05) is 11.1 Å². The van der Waals surface area contributed by atoms with Crippen molar-refractivity contribution >= 4 is 39.9 Å². The van der Waals surface area contributed by atoms with E-state index in [2.05, 4.69) is 22.3 Å². The molecule has 0 unspecified atom stereocenters. The number of aryl methyl sites for hydroxylation is 1. The number of aromatic nitrogens is 3. The van der Waals surface area contributed by atoms with Crippen molar-refractivity contribution in [2.75, 3.05) is 17.2 Å². The molecule has 0 bridgehead atoms. The average molecular weight is 387 g/mol. The van der Waals surface area contributed by atoms with Crippen molar-refractivity contribution in [3.05, 3.63) is 66.2 Å². The first kappa shape index (κ1) is 18.0. The van der Waals surface area contributed by atoms with Crippen molar-refractivity contribution in [1.29, 1.82) is 5.26 Å². The molecule has 4 aromatic rings. The number of hydrogen-bond acceptors (Lipinski definition) is 5. The number of nitriles is 1. The van der Waals surface area contributed by atoms with Gasteiger partial charge in [-0.1, -0.05) is 48.2 Å². The van der Waals surface area contributed by atoms with Gasteiger partial charge in [0.15, 0.2) is 10.8 Å². The van der Waals surface area contributed by atoms with Gasteiger partial charge in [-0.05, 0) is 36.8 Å². The van der Waals surface area contributed by atoms with Crippen molar-refractivity contribution < 1.29 is 4.79 Å². The van der Waals surface area contributed by atoms with Crippen molar-refractivity contribution in [2.24, 2.45) is 0 Å². The van der Waals surface area contributed by atoms with E-state index in [0.29, 0.717) is 10.8 Å². The van der Waals surface area contributed by atoms with Gasteiger partial charge >= 0.3 is 0 Å². The molecule has 4 rings (SSSR count). The molecule has 28 heavy (non-hydrogen) atoms. The molecule has 2 aromatic carbocycles. The third-order valence-corrected chi connectivity index (χ3v) is 5.41. The molecule has 0 radical (unpaired) electrons. The molecule has 0 saturated heterocycles. The van der Waals surface area contributed by atoms with Crippen LogP contribution < -0.4 is 4.90 Å². The summed E-state index contributed by atoms with van der Waals surface area (Å²) in [5.41, 5.74) is 3.60. The molecule has 6 nitrogen and oxygen atoms in total. The molecule has 2 heterocycles. The van der Waals surface area contributed by atoms with Crippen LogP contribution in [0.3, 0.4) is 0 Å². The lowest BCUT2D eigenvalue weighted by atomic mass is 10.1. The normalized spacial score (nSPS) is 10.9. The summed E-state index contributed by atoms with van der Waals surface area (Å²) in [6.07, 6.45) is 0. The highest BCUT2D eigenvalue weighted by Gasteiger charge is 2.18. The van der Waals surface area contributed by atoms with Crippen molar-refractivity contribution in [3.63, 3.8) is 0 Å². The van der Waals surface area contributed by atoms with E-state index in [1.807, 2.05) is 65.9 Å². The van der Waals surface area contributed by atoms with Crippen molar-refractivity contribution in [3.8, 4) is 6.07 Å². The van der Waals surface area contributed by atoms with E-state index in [1.165, 1.54) is 16.7 Å². The zero-order valence-corrected chi connectivity index (χ0v) is 16.1. The lowest BCUT2D eigenvalue weighted by molar-refractivity contribution is -0.116. The predicted octanol–water partition coefficient (Wildman–Crippen LogP) is 3.84. The number of carbonyl (C=O) groups is 1. The highest BCUT2D eigenvalue weighted by Crippen LogP contribution is 2.26. The van der Waals surface area contributed by atoms with E-state index in [4.69, 9.17) is 5.26 Å². The molecule has 138 valence electrons. The molecule has 7 heteroatoms. The number of nitrogens with zero attached hydrogens (tertiary/aromatic N) is 5. The minimum Gasteiger partial charge on any atom is -0.298 e. The molecule has 1 amide bonds. The Morgan fingerprint density at radius 1 is 1.14 bits per heavy atom. The fourth-order valence-electron chi connectivity index (χ4n) is 3.17. The lowest BCUT2D eigenvalue weighted by Gasteiger charge is -2.19. The Balaban J connectivity index is 1.63. The van der Waals surface area contributed by atoms with E-state index in [-0.39, 0.29) is 18.2 Å². The Morgan fingerprint density at radius 3 is 2.68 bits per heavy atom. The standard InChI is InChI=1S/C21H17N5OS/c1-15-13-19-23-24-21(26(19)18-10-6-5-9-17(15)18)28-14-20(27)25(12-11-22)16-7-3-2-4-8-16/h2-10,13H,12,14H2,1H3. The SMILES string of the molecule is Cc1cc2nnc(SCC(=O)N(CC#N)c3ccccc3)n2c2ccccc12. The fraction of sp³-hybridized carbons (Fsp3) is 0.143. The Hall–Kier alpha value is -3.37. The Bertz CT molecular complexity index is 1200. The second kappa shape index (κ2) is 7.71. The van der Waals surface area contributed by atoms with Gasteiger partial charge in [0.25, 0.3) is 0 Å². The van der Waals surface area contributed by atoms with Crippen molar-refractivity contribution in [1.82, 2.24) is 14.6 Å². The van der Waals surface area contributed by atoms with Gasteiger partial charge in [0.05, 0.1) is 17.3 Å². The summed E-state index contributed by atoms with van der Waals surface area (Å²) in [6, 6.07) is 21.3. The Labute approximate surface area is 166 Å². The third-order valence-electron chi connectivity index (χ3n) is 4.50. The molecular weight excluding hydrogens is 370 g/mol. The summed E-state index contributed by atoms with van der Waals surface area (Å²) in [5.74, 6) is 0.0189.